The van der Waals surface area contributed by atoms with Crippen molar-refractivity contribution in [3.63, 3.8) is 0 Å². The highest BCUT2D eigenvalue weighted by molar-refractivity contribution is 6.03. The van der Waals surface area contributed by atoms with E-state index < -0.39 is 0 Å². The number of esters is 1. The minimum atomic E-state index is -0.351. The van der Waals surface area contributed by atoms with Crippen molar-refractivity contribution in [1.29, 1.82) is 0 Å². The molecule has 1 aliphatic carbocycles. The molecule has 0 saturated heterocycles. The summed E-state index contributed by atoms with van der Waals surface area (Å²) in [4.78, 5) is 22.0. The maximum Gasteiger partial charge on any atom is 0.334 e. The molecular weight excluding hydrogens is 156 g/mol. The van der Waals surface area contributed by atoms with E-state index in [1.165, 1.54) is 6.08 Å². The number of carbonyl (C=O) groups is 2. The van der Waals surface area contributed by atoms with Crippen LogP contribution >= 0.6 is 0 Å². The summed E-state index contributed by atoms with van der Waals surface area (Å²) in [6.45, 7) is 3.96. The molecule has 1 rings (SSSR count). The minimum absolute atomic E-state index is 0.0190. The maximum absolute atomic E-state index is 11.2. The smallest absolute Gasteiger partial charge is 0.334 e. The zero-order valence-electron chi connectivity index (χ0n) is 7.29. The standard InChI is InChI=1S/C9H12O3/c1-3-12-9(11)8-5-7(10)4-6(8)2/h5-6H,3-4H2,1-2H3. The fraction of sp³-hybridized carbons (Fsp3) is 0.556. The van der Waals surface area contributed by atoms with Gasteiger partial charge in [-0.25, -0.2) is 4.79 Å². The lowest BCUT2D eigenvalue weighted by Gasteiger charge is -2.06. The first-order chi connectivity index (χ1) is 5.65. The summed E-state index contributed by atoms with van der Waals surface area (Å²) in [5.41, 5.74) is 0.516. The Morgan fingerprint density at radius 1 is 1.75 bits per heavy atom. The van der Waals surface area contributed by atoms with Gasteiger partial charge < -0.3 is 4.74 Å². The largest absolute Gasteiger partial charge is 0.463 e. The predicted molar refractivity (Wildman–Crippen MR) is 43.5 cm³/mol. The summed E-state index contributed by atoms with van der Waals surface area (Å²) in [6.07, 6.45) is 1.83. The maximum atomic E-state index is 11.2. The summed E-state index contributed by atoms with van der Waals surface area (Å²) in [6, 6.07) is 0. The van der Waals surface area contributed by atoms with Crippen molar-refractivity contribution in [2.45, 2.75) is 20.3 Å². The molecule has 0 N–H and O–H groups in total. The second-order valence-corrected chi connectivity index (χ2v) is 2.89. The van der Waals surface area contributed by atoms with Gasteiger partial charge in [-0.05, 0) is 18.9 Å². The summed E-state index contributed by atoms with van der Waals surface area (Å²) in [7, 11) is 0. The van der Waals surface area contributed by atoms with Crippen LogP contribution in [0, 0.1) is 5.92 Å². The number of ether oxygens (including phenoxy) is 1. The molecule has 0 fully saturated rings. The molecular formula is C9H12O3. The Balaban J connectivity index is 2.68. The van der Waals surface area contributed by atoms with E-state index in [1.807, 2.05) is 6.92 Å². The number of hydrogen-bond acceptors (Lipinski definition) is 3. The van der Waals surface area contributed by atoms with Gasteiger partial charge in [-0.2, -0.15) is 0 Å². The van der Waals surface area contributed by atoms with Crippen LogP contribution < -0.4 is 0 Å². The van der Waals surface area contributed by atoms with Gasteiger partial charge in [-0.1, -0.05) is 6.92 Å². The Kier molecular flexibility index (Phi) is 2.63. The van der Waals surface area contributed by atoms with Gasteiger partial charge >= 0.3 is 5.97 Å². The minimum Gasteiger partial charge on any atom is -0.463 e. The van der Waals surface area contributed by atoms with E-state index in [0.29, 0.717) is 18.6 Å². The van der Waals surface area contributed by atoms with Gasteiger partial charge in [0.15, 0.2) is 5.78 Å². The lowest BCUT2D eigenvalue weighted by atomic mass is 10.0. The Hall–Kier alpha value is -1.12. The zero-order valence-corrected chi connectivity index (χ0v) is 7.29. The zero-order chi connectivity index (χ0) is 9.14. The summed E-state index contributed by atoms with van der Waals surface area (Å²) in [5.74, 6) is -0.307. The first-order valence-corrected chi connectivity index (χ1v) is 4.06. The van der Waals surface area contributed by atoms with Crippen LogP contribution in [0.15, 0.2) is 11.6 Å². The lowest BCUT2D eigenvalue weighted by molar-refractivity contribution is -0.139. The molecule has 0 aliphatic heterocycles. The van der Waals surface area contributed by atoms with Crippen LogP contribution in [0.2, 0.25) is 0 Å². The van der Waals surface area contributed by atoms with Gasteiger partial charge in [0.25, 0.3) is 0 Å². The first-order valence-electron chi connectivity index (χ1n) is 4.06. The highest BCUT2D eigenvalue weighted by Crippen LogP contribution is 2.23. The normalized spacial score (nSPS) is 22.3. The number of ketones is 1. The van der Waals surface area contributed by atoms with Crippen LogP contribution in [0.3, 0.4) is 0 Å². The van der Waals surface area contributed by atoms with Gasteiger partial charge in [0.05, 0.1) is 6.61 Å². The van der Waals surface area contributed by atoms with Crippen molar-refractivity contribution in [2.75, 3.05) is 6.61 Å². The van der Waals surface area contributed by atoms with Crippen LogP contribution in [0.25, 0.3) is 0 Å². The van der Waals surface area contributed by atoms with Crippen LogP contribution in [0.1, 0.15) is 20.3 Å². The fourth-order valence-electron chi connectivity index (χ4n) is 1.26. The van der Waals surface area contributed by atoms with E-state index in [1.54, 1.807) is 6.92 Å². The van der Waals surface area contributed by atoms with E-state index in [9.17, 15) is 9.59 Å². The molecule has 3 nitrogen and oxygen atoms in total. The van der Waals surface area contributed by atoms with Crippen LogP contribution in [0.5, 0.6) is 0 Å². The summed E-state index contributed by atoms with van der Waals surface area (Å²) >= 11 is 0. The van der Waals surface area contributed by atoms with Crippen LogP contribution in [0.4, 0.5) is 0 Å². The number of allylic oxidation sites excluding steroid dienone is 1. The Morgan fingerprint density at radius 3 is 2.83 bits per heavy atom. The molecule has 0 aromatic rings. The SMILES string of the molecule is CCOC(=O)C1=CC(=O)CC1C. The van der Waals surface area contributed by atoms with E-state index in [2.05, 4.69) is 0 Å². The van der Waals surface area contributed by atoms with Crippen molar-refractivity contribution in [1.82, 2.24) is 0 Å². The van der Waals surface area contributed by atoms with E-state index in [0.717, 1.165) is 0 Å². The second kappa shape index (κ2) is 3.52. The van der Waals surface area contributed by atoms with Crippen LogP contribution in [-0.4, -0.2) is 18.4 Å². The Labute approximate surface area is 71.4 Å². The molecule has 1 unspecified atom stereocenters. The Bertz CT molecular complexity index is 240. The molecule has 0 spiro atoms. The molecule has 1 aliphatic rings. The molecule has 66 valence electrons. The van der Waals surface area contributed by atoms with Gasteiger partial charge in [-0.15, -0.1) is 0 Å². The summed E-state index contributed by atoms with van der Waals surface area (Å²) in [5, 5.41) is 0. The highest BCUT2D eigenvalue weighted by atomic mass is 16.5. The van der Waals surface area contributed by atoms with Gasteiger partial charge in [-0.3, -0.25) is 4.79 Å². The van der Waals surface area contributed by atoms with E-state index in [4.69, 9.17) is 4.74 Å². The molecule has 3 heteroatoms. The predicted octanol–water partition coefficient (Wildman–Crippen LogP) is 1.08. The van der Waals surface area contributed by atoms with E-state index >= 15 is 0 Å². The molecule has 0 saturated carbocycles. The molecule has 0 heterocycles. The second-order valence-electron chi connectivity index (χ2n) is 2.89. The van der Waals surface area contributed by atoms with E-state index in [-0.39, 0.29) is 17.7 Å². The lowest BCUT2D eigenvalue weighted by Crippen LogP contribution is -2.10. The quantitative estimate of drug-likeness (QED) is 0.579. The molecule has 0 amide bonds. The summed E-state index contributed by atoms with van der Waals surface area (Å²) < 4.78 is 4.79. The average Bonchev–Trinajstić information content (AvgIpc) is 2.30. The van der Waals surface area contributed by atoms with Crippen molar-refractivity contribution >= 4 is 11.8 Å². The van der Waals surface area contributed by atoms with Crippen LogP contribution in [-0.2, 0) is 14.3 Å². The highest BCUT2D eigenvalue weighted by Gasteiger charge is 2.26. The fourth-order valence-corrected chi connectivity index (χ4v) is 1.26. The monoisotopic (exact) mass is 168 g/mol. The van der Waals surface area contributed by atoms with Crippen molar-refractivity contribution < 1.29 is 14.3 Å². The van der Waals surface area contributed by atoms with Gasteiger partial charge in [0.1, 0.15) is 0 Å². The first kappa shape index (κ1) is 8.97. The molecule has 0 radical (unpaired) electrons. The van der Waals surface area contributed by atoms with Crippen molar-refractivity contribution in [3.8, 4) is 0 Å². The number of rotatable bonds is 2. The van der Waals surface area contributed by atoms with Gasteiger partial charge in [0.2, 0.25) is 0 Å². The third-order valence-corrected chi connectivity index (χ3v) is 1.87. The average molecular weight is 168 g/mol. The van der Waals surface area contributed by atoms with Crippen molar-refractivity contribution in [3.05, 3.63) is 11.6 Å². The van der Waals surface area contributed by atoms with Gasteiger partial charge in [0, 0.05) is 12.0 Å². The number of hydrogen-bond donors (Lipinski definition) is 0. The third kappa shape index (κ3) is 1.72. The third-order valence-electron chi connectivity index (χ3n) is 1.87. The molecule has 12 heavy (non-hydrogen) atoms. The topological polar surface area (TPSA) is 43.4 Å². The molecule has 0 aromatic heterocycles. The molecule has 0 aromatic carbocycles. The van der Waals surface area contributed by atoms with Crippen molar-refractivity contribution in [2.24, 2.45) is 5.92 Å². The molecule has 1 atom stereocenters. The molecule has 0 bridgehead atoms. The Morgan fingerprint density at radius 2 is 2.42 bits per heavy atom. The number of carbonyl (C=O) groups excluding carboxylic acids is 2.